The fourth-order valence-electron chi connectivity index (χ4n) is 5.38. The number of piperidine rings is 1. The fourth-order valence-corrected chi connectivity index (χ4v) is 5.72. The quantitative estimate of drug-likeness (QED) is 0.549. The second-order valence-electron chi connectivity index (χ2n) is 9.53. The molecule has 5 rings (SSSR count). The number of carboxylic acid groups (broad SMARTS) is 1. The molecule has 1 spiro atoms. The Morgan fingerprint density at radius 1 is 1.12 bits per heavy atom. The van der Waals surface area contributed by atoms with Gasteiger partial charge >= 0.3 is 5.97 Å². The zero-order valence-electron chi connectivity index (χ0n) is 18.7. The number of benzene rings is 1. The second kappa shape index (κ2) is 9.22. The summed E-state index contributed by atoms with van der Waals surface area (Å²) in [6, 6.07) is 12.2. The van der Waals surface area contributed by atoms with Gasteiger partial charge in [-0.25, -0.2) is 9.97 Å². The Bertz CT molecular complexity index is 1110. The molecule has 3 heterocycles. The van der Waals surface area contributed by atoms with Crippen molar-refractivity contribution in [2.75, 3.05) is 18.0 Å². The van der Waals surface area contributed by atoms with Crippen molar-refractivity contribution in [1.82, 2.24) is 20.2 Å². The zero-order valence-corrected chi connectivity index (χ0v) is 19.9. The zero-order chi connectivity index (χ0) is 22.8. The Morgan fingerprint density at radius 3 is 2.55 bits per heavy atom. The van der Waals surface area contributed by atoms with Crippen LogP contribution in [0, 0.1) is 11.3 Å². The van der Waals surface area contributed by atoms with Gasteiger partial charge in [-0.3, -0.25) is 9.89 Å². The molecule has 0 amide bonds. The molecule has 2 aliphatic rings. The summed E-state index contributed by atoms with van der Waals surface area (Å²) in [5.41, 5.74) is 2.31. The molecule has 1 atom stereocenters. The Kier molecular flexibility index (Phi) is 6.15. The van der Waals surface area contributed by atoms with Gasteiger partial charge in [-0.05, 0) is 67.3 Å². The maximum Gasteiger partial charge on any atom is 0.303 e. The lowest BCUT2D eigenvalue weighted by molar-refractivity contribution is -0.138. The standard InChI is InChI=1S/C25H30N5O2P/c31-22(32)15-17-7-9-25(10-8-17)11-13-30(14-12-25)21-6-5-18(16-26-21)23-27-24(29-28-23)19-3-1-2-4-20(19)33/h1-6,16-17H,7-15,33H2,(H,31,32)(H,27,28,29). The third kappa shape index (κ3) is 4.79. The van der Waals surface area contributed by atoms with Crippen molar-refractivity contribution in [3.8, 4) is 22.8 Å². The monoisotopic (exact) mass is 463 g/mol. The number of pyridine rings is 1. The first-order valence-corrected chi connectivity index (χ1v) is 12.3. The van der Waals surface area contributed by atoms with Crippen molar-refractivity contribution >= 4 is 26.3 Å². The smallest absolute Gasteiger partial charge is 0.303 e. The van der Waals surface area contributed by atoms with Crippen molar-refractivity contribution in [3.05, 3.63) is 42.6 Å². The predicted octanol–water partition coefficient (Wildman–Crippen LogP) is 4.29. The van der Waals surface area contributed by atoms with E-state index in [1.54, 1.807) is 0 Å². The number of anilines is 1. The van der Waals surface area contributed by atoms with Gasteiger partial charge in [0.25, 0.3) is 0 Å². The van der Waals surface area contributed by atoms with E-state index in [4.69, 9.17) is 10.1 Å². The summed E-state index contributed by atoms with van der Waals surface area (Å²) in [4.78, 5) is 22.8. The van der Waals surface area contributed by atoms with Crippen molar-refractivity contribution in [1.29, 1.82) is 0 Å². The number of carboxylic acids is 1. The molecule has 2 N–H and O–H groups in total. The van der Waals surface area contributed by atoms with Crippen LogP contribution in [0.25, 0.3) is 22.8 Å². The van der Waals surface area contributed by atoms with E-state index in [-0.39, 0.29) is 0 Å². The Hall–Kier alpha value is -2.79. The van der Waals surface area contributed by atoms with Crippen LogP contribution in [0.5, 0.6) is 0 Å². The first-order chi connectivity index (χ1) is 16.0. The number of rotatable bonds is 5. The van der Waals surface area contributed by atoms with Crippen LogP contribution < -0.4 is 10.2 Å². The largest absolute Gasteiger partial charge is 0.481 e. The molecule has 33 heavy (non-hydrogen) atoms. The number of carbonyl (C=O) groups is 1. The highest BCUT2D eigenvalue weighted by Gasteiger charge is 2.38. The minimum Gasteiger partial charge on any atom is -0.481 e. The molecule has 1 aromatic carbocycles. The number of nitrogens with one attached hydrogen (secondary N) is 1. The molecule has 1 aliphatic heterocycles. The lowest BCUT2D eigenvalue weighted by Gasteiger charge is -2.46. The van der Waals surface area contributed by atoms with Gasteiger partial charge in [0.05, 0.1) is 0 Å². The van der Waals surface area contributed by atoms with E-state index in [9.17, 15) is 4.79 Å². The number of hydrogen-bond donors (Lipinski definition) is 2. The van der Waals surface area contributed by atoms with Crippen LogP contribution >= 0.6 is 9.24 Å². The van der Waals surface area contributed by atoms with Crippen LogP contribution in [0.3, 0.4) is 0 Å². The molecule has 0 radical (unpaired) electrons. The van der Waals surface area contributed by atoms with E-state index in [0.29, 0.717) is 23.6 Å². The minimum atomic E-state index is -0.657. The molecule has 8 heteroatoms. The summed E-state index contributed by atoms with van der Waals surface area (Å²) in [5, 5.41) is 17.6. The van der Waals surface area contributed by atoms with Crippen LogP contribution in [0.2, 0.25) is 0 Å². The van der Waals surface area contributed by atoms with Gasteiger partial charge in [-0.1, -0.05) is 24.3 Å². The highest BCUT2D eigenvalue weighted by Crippen LogP contribution is 2.47. The molecule has 172 valence electrons. The van der Waals surface area contributed by atoms with Crippen molar-refractivity contribution < 1.29 is 9.90 Å². The van der Waals surface area contributed by atoms with Crippen LogP contribution in [0.1, 0.15) is 44.9 Å². The summed E-state index contributed by atoms with van der Waals surface area (Å²) >= 11 is 0. The van der Waals surface area contributed by atoms with Crippen molar-refractivity contribution in [2.45, 2.75) is 44.9 Å². The van der Waals surface area contributed by atoms with Gasteiger partial charge in [0.15, 0.2) is 11.6 Å². The van der Waals surface area contributed by atoms with E-state index >= 15 is 0 Å². The molecule has 1 aliphatic carbocycles. The second-order valence-corrected chi connectivity index (χ2v) is 10.2. The average molecular weight is 464 g/mol. The average Bonchev–Trinajstić information content (AvgIpc) is 3.32. The normalized spacial score (nSPS) is 18.5. The predicted molar refractivity (Wildman–Crippen MR) is 132 cm³/mol. The maximum atomic E-state index is 11.0. The van der Waals surface area contributed by atoms with E-state index in [0.717, 1.165) is 79.7 Å². The van der Waals surface area contributed by atoms with Crippen LogP contribution in [-0.2, 0) is 4.79 Å². The molecule has 1 unspecified atom stereocenters. The van der Waals surface area contributed by atoms with Crippen LogP contribution in [0.4, 0.5) is 5.82 Å². The first-order valence-electron chi connectivity index (χ1n) is 11.7. The molecule has 2 fully saturated rings. The van der Waals surface area contributed by atoms with Gasteiger partial charge in [0, 0.05) is 36.8 Å². The third-order valence-corrected chi connectivity index (χ3v) is 7.99. The van der Waals surface area contributed by atoms with Crippen LogP contribution in [0.15, 0.2) is 42.6 Å². The highest BCUT2D eigenvalue weighted by molar-refractivity contribution is 7.27. The number of nitrogens with zero attached hydrogens (tertiary/aromatic N) is 4. The van der Waals surface area contributed by atoms with Gasteiger partial charge in [-0.15, -0.1) is 9.24 Å². The number of H-pyrrole nitrogens is 1. The summed E-state index contributed by atoms with van der Waals surface area (Å²) in [6.07, 6.45) is 8.95. The fraction of sp³-hybridized carbons (Fsp3) is 0.440. The summed E-state index contributed by atoms with van der Waals surface area (Å²) in [5.74, 6) is 2.10. The number of aliphatic carboxylic acids is 1. The summed E-state index contributed by atoms with van der Waals surface area (Å²) < 4.78 is 0. The molecule has 1 saturated heterocycles. The van der Waals surface area contributed by atoms with Gasteiger partial charge in [-0.2, -0.15) is 5.10 Å². The first kappa shape index (κ1) is 22.0. The van der Waals surface area contributed by atoms with Crippen molar-refractivity contribution in [2.24, 2.45) is 11.3 Å². The third-order valence-electron chi connectivity index (χ3n) is 7.48. The molecule has 7 nitrogen and oxygen atoms in total. The van der Waals surface area contributed by atoms with E-state index in [2.05, 4.69) is 35.4 Å². The summed E-state index contributed by atoms with van der Waals surface area (Å²) in [6.45, 7) is 2.01. The number of hydrogen-bond acceptors (Lipinski definition) is 5. The Balaban J connectivity index is 1.20. The van der Waals surface area contributed by atoms with Crippen LogP contribution in [-0.4, -0.2) is 44.3 Å². The molecule has 1 saturated carbocycles. The van der Waals surface area contributed by atoms with E-state index < -0.39 is 5.97 Å². The van der Waals surface area contributed by atoms with Gasteiger partial charge < -0.3 is 10.0 Å². The molecule has 2 aromatic heterocycles. The molecular weight excluding hydrogens is 433 g/mol. The Labute approximate surface area is 196 Å². The number of aromatic amines is 1. The maximum absolute atomic E-state index is 11.0. The summed E-state index contributed by atoms with van der Waals surface area (Å²) in [7, 11) is 2.73. The molecule has 3 aromatic rings. The molecular formula is C25H30N5O2P. The topological polar surface area (TPSA) is 95.0 Å². The van der Waals surface area contributed by atoms with E-state index in [1.165, 1.54) is 0 Å². The lowest BCUT2D eigenvalue weighted by Crippen LogP contribution is -2.42. The van der Waals surface area contributed by atoms with Gasteiger partial charge in [0.2, 0.25) is 0 Å². The number of aromatic nitrogens is 4. The SMILES string of the molecule is O=C(O)CC1CCC2(CC1)CCN(c1ccc(-c3n[nH]c(-c4ccccc4P)n3)cn1)CC2. The van der Waals surface area contributed by atoms with E-state index in [1.807, 2.05) is 36.5 Å². The molecule has 0 bridgehead atoms. The van der Waals surface area contributed by atoms with Gasteiger partial charge in [0.1, 0.15) is 5.82 Å². The Morgan fingerprint density at radius 2 is 1.88 bits per heavy atom. The lowest BCUT2D eigenvalue weighted by atomic mass is 9.65. The minimum absolute atomic E-state index is 0.328. The van der Waals surface area contributed by atoms with Crippen molar-refractivity contribution in [3.63, 3.8) is 0 Å². The highest BCUT2D eigenvalue weighted by atomic mass is 31.0.